The first-order chi connectivity index (χ1) is 15.1. The van der Waals surface area contributed by atoms with E-state index in [2.05, 4.69) is 32.8 Å². The number of guanidine groups is 1. The highest BCUT2D eigenvalue weighted by Gasteiger charge is 2.23. The number of benzene rings is 1. The van der Waals surface area contributed by atoms with Crippen molar-refractivity contribution in [3.05, 3.63) is 29.8 Å². The van der Waals surface area contributed by atoms with E-state index >= 15 is 0 Å². The third-order valence-corrected chi connectivity index (χ3v) is 5.99. The summed E-state index contributed by atoms with van der Waals surface area (Å²) in [5.74, 6) is 2.43. The molecule has 1 aliphatic heterocycles. The van der Waals surface area contributed by atoms with Crippen LogP contribution in [0.1, 0.15) is 44.6 Å². The molecule has 1 aromatic carbocycles. The molecule has 3 N–H and O–H groups in total. The van der Waals surface area contributed by atoms with Crippen LogP contribution in [-0.2, 0) is 11.2 Å². The van der Waals surface area contributed by atoms with Crippen LogP contribution in [0.4, 0.5) is 0 Å². The number of halogens is 1. The lowest BCUT2D eigenvalue weighted by atomic mass is 9.99. The van der Waals surface area contributed by atoms with Crippen molar-refractivity contribution in [2.45, 2.75) is 51.5 Å². The molecule has 0 atom stereocenters. The summed E-state index contributed by atoms with van der Waals surface area (Å²) < 4.78 is 5.56. The second-order valence-corrected chi connectivity index (χ2v) is 8.83. The maximum atomic E-state index is 11.7. The largest absolute Gasteiger partial charge is 0.484 e. The van der Waals surface area contributed by atoms with E-state index in [1.54, 1.807) is 0 Å². The molecule has 1 saturated heterocycles. The first kappa shape index (κ1) is 26.7. The van der Waals surface area contributed by atoms with Gasteiger partial charge in [-0.05, 0) is 81.8 Å². The van der Waals surface area contributed by atoms with Gasteiger partial charge >= 0.3 is 0 Å². The summed E-state index contributed by atoms with van der Waals surface area (Å²) in [7, 11) is 1.81. The van der Waals surface area contributed by atoms with Gasteiger partial charge in [0.2, 0.25) is 0 Å². The second kappa shape index (κ2) is 14.6. The van der Waals surface area contributed by atoms with Crippen LogP contribution in [0.5, 0.6) is 5.75 Å². The third kappa shape index (κ3) is 10.4. The van der Waals surface area contributed by atoms with Gasteiger partial charge in [0, 0.05) is 26.2 Å². The summed E-state index contributed by atoms with van der Waals surface area (Å²) in [5, 5.41) is 9.72. The Labute approximate surface area is 210 Å². The number of hydrogen-bond donors (Lipinski definition) is 3. The molecule has 7 nitrogen and oxygen atoms in total. The first-order valence-corrected chi connectivity index (χ1v) is 11.8. The van der Waals surface area contributed by atoms with Gasteiger partial charge in [-0.3, -0.25) is 9.79 Å². The van der Waals surface area contributed by atoms with Crippen LogP contribution in [0.15, 0.2) is 29.3 Å². The number of piperidine rings is 1. The van der Waals surface area contributed by atoms with Crippen LogP contribution in [-0.4, -0.2) is 69.2 Å². The number of nitrogens with one attached hydrogen (secondary N) is 3. The van der Waals surface area contributed by atoms with E-state index in [1.165, 1.54) is 31.5 Å². The lowest BCUT2D eigenvalue weighted by Gasteiger charge is -2.30. The molecule has 32 heavy (non-hydrogen) atoms. The molecule has 1 heterocycles. The van der Waals surface area contributed by atoms with Crippen LogP contribution in [0, 0.1) is 5.92 Å². The van der Waals surface area contributed by atoms with Crippen LogP contribution in [0.25, 0.3) is 0 Å². The van der Waals surface area contributed by atoms with Gasteiger partial charge in [0.25, 0.3) is 5.91 Å². The quantitative estimate of drug-likeness (QED) is 0.169. The highest BCUT2D eigenvalue weighted by molar-refractivity contribution is 14.0. The zero-order chi connectivity index (χ0) is 21.9. The standard InChI is InChI=1S/C24H39N5O2.HI/c1-19-11-16-29(17-12-19)15-3-13-26-24(25-2)27-14-10-20-4-8-22(9-5-20)31-18-23(30)28-21-6-7-21;/h4-5,8-9,19,21H,3,6-7,10-18H2,1-2H3,(H,28,30)(H2,25,26,27);1H. The number of aliphatic imine (C=N–C) groups is 1. The summed E-state index contributed by atoms with van der Waals surface area (Å²) in [6.07, 6.45) is 6.88. The lowest BCUT2D eigenvalue weighted by Crippen LogP contribution is -2.40. The van der Waals surface area contributed by atoms with Crippen molar-refractivity contribution in [3.63, 3.8) is 0 Å². The third-order valence-electron chi connectivity index (χ3n) is 5.99. The predicted octanol–water partition coefficient (Wildman–Crippen LogP) is 2.79. The number of hydrogen-bond acceptors (Lipinski definition) is 4. The number of ether oxygens (including phenoxy) is 1. The van der Waals surface area contributed by atoms with E-state index in [0.29, 0.717) is 6.04 Å². The van der Waals surface area contributed by atoms with Crippen LogP contribution < -0.4 is 20.7 Å². The molecular formula is C24H40IN5O2. The predicted molar refractivity (Wildman–Crippen MR) is 141 cm³/mol. The Morgan fingerprint density at radius 2 is 1.78 bits per heavy atom. The van der Waals surface area contributed by atoms with E-state index in [0.717, 1.165) is 62.9 Å². The van der Waals surface area contributed by atoms with Gasteiger partial charge in [-0.1, -0.05) is 19.1 Å². The molecular weight excluding hydrogens is 517 g/mol. The normalized spacial score (nSPS) is 17.4. The minimum Gasteiger partial charge on any atom is -0.484 e. The lowest BCUT2D eigenvalue weighted by molar-refractivity contribution is -0.123. The average molecular weight is 558 g/mol. The Balaban J connectivity index is 0.00000363. The number of likely N-dealkylation sites (tertiary alicyclic amines) is 1. The van der Waals surface area contributed by atoms with Crippen molar-refractivity contribution in [3.8, 4) is 5.75 Å². The summed E-state index contributed by atoms with van der Waals surface area (Å²) in [6, 6.07) is 8.31. The van der Waals surface area contributed by atoms with Gasteiger partial charge in [0.15, 0.2) is 12.6 Å². The molecule has 1 aromatic rings. The SMILES string of the molecule is CN=C(NCCCN1CCC(C)CC1)NCCc1ccc(OCC(=O)NC2CC2)cc1.I. The van der Waals surface area contributed by atoms with Crippen LogP contribution in [0.2, 0.25) is 0 Å². The monoisotopic (exact) mass is 557 g/mol. The summed E-state index contributed by atoms with van der Waals surface area (Å²) in [4.78, 5) is 18.6. The van der Waals surface area contributed by atoms with E-state index in [-0.39, 0.29) is 36.5 Å². The highest BCUT2D eigenvalue weighted by Crippen LogP contribution is 2.18. The minimum atomic E-state index is -0.0415. The van der Waals surface area contributed by atoms with Crippen LogP contribution in [0.3, 0.4) is 0 Å². The Hall–Kier alpha value is -1.55. The maximum Gasteiger partial charge on any atom is 0.258 e. The Morgan fingerprint density at radius 3 is 2.44 bits per heavy atom. The van der Waals surface area contributed by atoms with Gasteiger partial charge in [-0.25, -0.2) is 0 Å². The maximum absolute atomic E-state index is 11.7. The minimum absolute atomic E-state index is 0. The zero-order valence-corrected chi connectivity index (χ0v) is 21.9. The van der Waals surface area contributed by atoms with Gasteiger partial charge in [-0.2, -0.15) is 0 Å². The molecule has 0 aromatic heterocycles. The molecule has 8 heteroatoms. The summed E-state index contributed by atoms with van der Waals surface area (Å²) >= 11 is 0. The number of amides is 1. The molecule has 1 aliphatic carbocycles. The number of carbonyl (C=O) groups is 1. The second-order valence-electron chi connectivity index (χ2n) is 8.83. The molecule has 3 rings (SSSR count). The van der Waals surface area contributed by atoms with E-state index in [1.807, 2.05) is 31.3 Å². The number of carbonyl (C=O) groups excluding carboxylic acids is 1. The van der Waals surface area contributed by atoms with Gasteiger partial charge in [-0.15, -0.1) is 24.0 Å². The van der Waals surface area contributed by atoms with Crippen molar-refractivity contribution in [1.82, 2.24) is 20.9 Å². The number of rotatable bonds is 11. The molecule has 0 bridgehead atoms. The fraction of sp³-hybridized carbons (Fsp3) is 0.667. The fourth-order valence-corrected chi connectivity index (χ4v) is 3.74. The highest BCUT2D eigenvalue weighted by atomic mass is 127. The van der Waals surface area contributed by atoms with Crippen molar-refractivity contribution in [1.29, 1.82) is 0 Å². The molecule has 0 spiro atoms. The van der Waals surface area contributed by atoms with Gasteiger partial charge in [0.05, 0.1) is 0 Å². The first-order valence-electron chi connectivity index (χ1n) is 11.8. The Kier molecular flexibility index (Phi) is 12.2. The van der Waals surface area contributed by atoms with E-state index in [4.69, 9.17) is 4.74 Å². The summed E-state index contributed by atoms with van der Waals surface area (Å²) in [6.45, 7) is 7.83. The van der Waals surface area contributed by atoms with Gasteiger partial charge in [0.1, 0.15) is 5.75 Å². The van der Waals surface area contributed by atoms with E-state index < -0.39 is 0 Å². The van der Waals surface area contributed by atoms with Crippen LogP contribution >= 0.6 is 24.0 Å². The number of nitrogens with zero attached hydrogens (tertiary/aromatic N) is 2. The molecule has 0 unspecified atom stereocenters. The van der Waals surface area contributed by atoms with Crippen molar-refractivity contribution >= 4 is 35.8 Å². The molecule has 2 fully saturated rings. The van der Waals surface area contributed by atoms with E-state index in [9.17, 15) is 4.79 Å². The molecule has 2 aliphatic rings. The molecule has 180 valence electrons. The zero-order valence-electron chi connectivity index (χ0n) is 19.6. The average Bonchev–Trinajstić information content (AvgIpc) is 3.60. The van der Waals surface area contributed by atoms with Crippen molar-refractivity contribution in [2.75, 3.05) is 46.4 Å². The van der Waals surface area contributed by atoms with Crippen molar-refractivity contribution < 1.29 is 9.53 Å². The van der Waals surface area contributed by atoms with Gasteiger partial charge < -0.3 is 25.6 Å². The fourth-order valence-electron chi connectivity index (χ4n) is 3.74. The smallest absolute Gasteiger partial charge is 0.258 e. The molecule has 1 saturated carbocycles. The Bertz CT molecular complexity index is 701. The topological polar surface area (TPSA) is 78.0 Å². The molecule has 1 amide bonds. The molecule has 0 radical (unpaired) electrons. The summed E-state index contributed by atoms with van der Waals surface area (Å²) in [5.41, 5.74) is 1.22. The Morgan fingerprint density at radius 1 is 1.09 bits per heavy atom. The van der Waals surface area contributed by atoms with Crippen molar-refractivity contribution in [2.24, 2.45) is 10.9 Å².